The molecule has 0 heterocycles. The minimum atomic E-state index is -0.685. The number of nitrogens with two attached hydrogens (primary N) is 3. The van der Waals surface area contributed by atoms with Crippen LogP contribution in [-0.4, -0.2) is 77.8 Å². The topological polar surface area (TPSA) is 142 Å². The second-order valence-electron chi connectivity index (χ2n) is 3.89. The summed E-state index contributed by atoms with van der Waals surface area (Å²) in [6.45, 7) is 1.25. The Hall–Kier alpha value is -0.280. The molecule has 0 fully saturated rings. The molecular formula is C9H24N4O3. The third kappa shape index (κ3) is 7.07. The van der Waals surface area contributed by atoms with Crippen molar-refractivity contribution < 1.29 is 15.3 Å². The zero-order valence-electron chi connectivity index (χ0n) is 9.50. The molecule has 0 radical (unpaired) electrons. The quantitative estimate of drug-likeness (QED) is 0.241. The van der Waals surface area contributed by atoms with Gasteiger partial charge in [0.2, 0.25) is 0 Å². The molecule has 0 aliphatic rings. The van der Waals surface area contributed by atoms with Crippen molar-refractivity contribution in [2.45, 2.75) is 18.3 Å². The molecule has 3 atom stereocenters. The van der Waals surface area contributed by atoms with Crippen LogP contribution in [-0.2, 0) is 0 Å². The highest BCUT2D eigenvalue weighted by atomic mass is 16.3. The lowest BCUT2D eigenvalue weighted by atomic mass is 10.2. The van der Waals surface area contributed by atoms with Crippen molar-refractivity contribution in [3.05, 3.63) is 0 Å². The molecule has 0 aliphatic heterocycles. The van der Waals surface area contributed by atoms with Gasteiger partial charge < -0.3 is 32.5 Å². The normalized spacial score (nSPS) is 17.4. The molecule has 0 saturated carbocycles. The average molecular weight is 236 g/mol. The maximum Gasteiger partial charge on any atom is 0.0789 e. The van der Waals surface area contributed by atoms with Crippen LogP contribution >= 0.6 is 0 Å². The van der Waals surface area contributed by atoms with E-state index < -0.39 is 18.3 Å². The minimum Gasteiger partial charge on any atom is -0.390 e. The van der Waals surface area contributed by atoms with Gasteiger partial charge in [-0.3, -0.25) is 4.90 Å². The fraction of sp³-hybridized carbons (Fsp3) is 1.00. The molecule has 7 nitrogen and oxygen atoms in total. The fourth-order valence-electron chi connectivity index (χ4n) is 1.34. The molecule has 9 N–H and O–H groups in total. The monoisotopic (exact) mass is 236 g/mol. The van der Waals surface area contributed by atoms with Crippen LogP contribution in [0.4, 0.5) is 0 Å². The molecule has 0 amide bonds. The average Bonchev–Trinajstić information content (AvgIpc) is 2.28. The predicted molar refractivity (Wildman–Crippen MR) is 61.6 cm³/mol. The van der Waals surface area contributed by atoms with E-state index in [0.717, 1.165) is 0 Å². The maximum absolute atomic E-state index is 9.41. The van der Waals surface area contributed by atoms with Gasteiger partial charge in [-0.05, 0) is 0 Å². The Morgan fingerprint density at radius 2 is 0.938 bits per heavy atom. The number of rotatable bonds is 9. The summed E-state index contributed by atoms with van der Waals surface area (Å²) in [5, 5.41) is 28.2. The zero-order valence-corrected chi connectivity index (χ0v) is 9.50. The van der Waals surface area contributed by atoms with Crippen LogP contribution in [0.5, 0.6) is 0 Å². The third-order valence-electron chi connectivity index (χ3n) is 2.22. The Kier molecular flexibility index (Phi) is 8.67. The largest absolute Gasteiger partial charge is 0.390 e. The number of aliphatic hydroxyl groups excluding tert-OH is 3. The summed E-state index contributed by atoms with van der Waals surface area (Å²) < 4.78 is 0. The van der Waals surface area contributed by atoms with Crippen molar-refractivity contribution in [1.82, 2.24) is 4.90 Å². The van der Waals surface area contributed by atoms with E-state index in [4.69, 9.17) is 17.2 Å². The first-order valence-electron chi connectivity index (χ1n) is 5.40. The minimum absolute atomic E-state index is 0.133. The molecule has 0 aromatic carbocycles. The summed E-state index contributed by atoms with van der Waals surface area (Å²) in [7, 11) is 0. The molecule has 3 unspecified atom stereocenters. The molecule has 16 heavy (non-hydrogen) atoms. The van der Waals surface area contributed by atoms with E-state index >= 15 is 0 Å². The predicted octanol–water partition coefficient (Wildman–Crippen LogP) is -3.75. The van der Waals surface area contributed by atoms with Crippen molar-refractivity contribution in [3.63, 3.8) is 0 Å². The Morgan fingerprint density at radius 3 is 1.12 bits per heavy atom. The van der Waals surface area contributed by atoms with E-state index in [0.29, 0.717) is 0 Å². The van der Waals surface area contributed by atoms with Gasteiger partial charge in [0.1, 0.15) is 0 Å². The lowest BCUT2D eigenvalue weighted by Gasteiger charge is -2.28. The highest BCUT2D eigenvalue weighted by Gasteiger charge is 2.16. The summed E-state index contributed by atoms with van der Waals surface area (Å²) in [5.74, 6) is 0. The molecule has 0 aliphatic carbocycles. The Morgan fingerprint density at radius 1 is 0.688 bits per heavy atom. The smallest absolute Gasteiger partial charge is 0.0789 e. The van der Waals surface area contributed by atoms with Gasteiger partial charge >= 0.3 is 0 Å². The summed E-state index contributed by atoms with van der Waals surface area (Å²) in [5.41, 5.74) is 15.9. The first-order chi connectivity index (χ1) is 7.53. The lowest BCUT2D eigenvalue weighted by molar-refractivity contribution is 0.0450. The van der Waals surface area contributed by atoms with Crippen LogP contribution in [0.3, 0.4) is 0 Å². The van der Waals surface area contributed by atoms with Crippen molar-refractivity contribution >= 4 is 0 Å². The van der Waals surface area contributed by atoms with Crippen LogP contribution in [0.2, 0.25) is 0 Å². The standard InChI is InChI=1S/C9H24N4O3/c10-1-7(14)4-13(5-8(15)2-11)6-9(16)3-12/h7-9,14-16H,1-6,10-12H2. The van der Waals surface area contributed by atoms with E-state index in [9.17, 15) is 15.3 Å². The molecule has 0 saturated heterocycles. The summed E-state index contributed by atoms with van der Waals surface area (Å²) in [6, 6.07) is 0. The number of aliphatic hydroxyl groups is 3. The SMILES string of the molecule is NCC(O)CN(CC(O)CN)CC(O)CN. The van der Waals surface area contributed by atoms with Gasteiger partial charge in [0.15, 0.2) is 0 Å². The van der Waals surface area contributed by atoms with E-state index in [1.807, 2.05) is 0 Å². The van der Waals surface area contributed by atoms with Crippen molar-refractivity contribution in [2.24, 2.45) is 17.2 Å². The zero-order chi connectivity index (χ0) is 12.6. The fourth-order valence-corrected chi connectivity index (χ4v) is 1.34. The van der Waals surface area contributed by atoms with Gasteiger partial charge in [0, 0.05) is 39.3 Å². The van der Waals surface area contributed by atoms with Gasteiger partial charge in [-0.15, -0.1) is 0 Å². The Labute approximate surface area is 95.8 Å². The first-order valence-corrected chi connectivity index (χ1v) is 5.40. The molecular weight excluding hydrogens is 212 g/mol. The van der Waals surface area contributed by atoms with E-state index in [1.54, 1.807) is 4.90 Å². The first kappa shape index (κ1) is 15.7. The van der Waals surface area contributed by atoms with Crippen molar-refractivity contribution in [3.8, 4) is 0 Å². The molecule has 0 rings (SSSR count). The molecule has 0 aromatic heterocycles. The molecule has 98 valence electrons. The van der Waals surface area contributed by atoms with Gasteiger partial charge in [0.25, 0.3) is 0 Å². The van der Waals surface area contributed by atoms with Crippen LogP contribution in [0, 0.1) is 0 Å². The highest BCUT2D eigenvalue weighted by molar-refractivity contribution is 4.73. The van der Waals surface area contributed by atoms with Gasteiger partial charge in [-0.1, -0.05) is 0 Å². The maximum atomic E-state index is 9.41. The van der Waals surface area contributed by atoms with Gasteiger partial charge in [-0.2, -0.15) is 0 Å². The van der Waals surface area contributed by atoms with E-state index in [2.05, 4.69) is 0 Å². The number of nitrogens with zero attached hydrogens (tertiary/aromatic N) is 1. The second kappa shape index (κ2) is 8.82. The van der Waals surface area contributed by atoms with E-state index in [1.165, 1.54) is 0 Å². The molecule has 0 aromatic rings. The summed E-state index contributed by atoms with van der Waals surface area (Å²) >= 11 is 0. The van der Waals surface area contributed by atoms with Crippen LogP contribution < -0.4 is 17.2 Å². The van der Waals surface area contributed by atoms with Crippen LogP contribution in [0.15, 0.2) is 0 Å². The summed E-state index contributed by atoms with van der Waals surface area (Å²) in [6.07, 6.45) is -2.06. The third-order valence-corrected chi connectivity index (χ3v) is 2.22. The molecule has 0 bridgehead atoms. The number of hydrogen-bond acceptors (Lipinski definition) is 7. The van der Waals surface area contributed by atoms with Gasteiger partial charge in [-0.25, -0.2) is 0 Å². The van der Waals surface area contributed by atoms with Crippen molar-refractivity contribution in [1.29, 1.82) is 0 Å². The Bertz CT molecular complexity index is 144. The molecule has 7 heteroatoms. The summed E-state index contributed by atoms with van der Waals surface area (Å²) in [4.78, 5) is 1.70. The van der Waals surface area contributed by atoms with E-state index in [-0.39, 0.29) is 39.3 Å². The van der Waals surface area contributed by atoms with Gasteiger partial charge in [0.05, 0.1) is 18.3 Å². The van der Waals surface area contributed by atoms with Crippen molar-refractivity contribution in [2.75, 3.05) is 39.3 Å². The lowest BCUT2D eigenvalue weighted by Crippen LogP contribution is -2.46. The Balaban J connectivity index is 4.15. The van der Waals surface area contributed by atoms with Crippen LogP contribution in [0.25, 0.3) is 0 Å². The number of hydrogen-bond donors (Lipinski definition) is 6. The molecule has 0 spiro atoms. The van der Waals surface area contributed by atoms with Crippen LogP contribution in [0.1, 0.15) is 0 Å². The highest BCUT2D eigenvalue weighted by Crippen LogP contribution is 1.97. The second-order valence-corrected chi connectivity index (χ2v) is 3.89.